The normalized spacial score (nSPS) is 14.0. The molecule has 0 radical (unpaired) electrons. The molecular weight excluding hydrogens is 348 g/mol. The van der Waals surface area contributed by atoms with Crippen LogP contribution in [0.25, 0.3) is 6.08 Å². The van der Waals surface area contributed by atoms with Crippen LogP contribution in [0.5, 0.6) is 0 Å². The number of aromatic nitrogens is 2. The highest BCUT2D eigenvalue weighted by atomic mass is 32.1. The van der Waals surface area contributed by atoms with Crippen LogP contribution in [-0.4, -0.2) is 22.0 Å². The van der Waals surface area contributed by atoms with Gasteiger partial charge in [-0.25, -0.2) is 4.99 Å². The Kier molecular flexibility index (Phi) is 4.22. The summed E-state index contributed by atoms with van der Waals surface area (Å²) in [7, 11) is 0. The Morgan fingerprint density at radius 3 is 2.81 bits per heavy atom. The lowest BCUT2D eigenvalue weighted by molar-refractivity contribution is 0.101. The first-order chi connectivity index (χ1) is 12.6. The minimum Gasteiger partial charge on any atom is -0.334 e. The zero-order valence-electron chi connectivity index (χ0n) is 14.1. The predicted molar refractivity (Wildman–Crippen MR) is 101 cm³/mol. The van der Waals surface area contributed by atoms with Crippen LogP contribution >= 0.6 is 11.3 Å². The van der Waals surface area contributed by atoms with Crippen molar-refractivity contribution in [3.8, 4) is 0 Å². The molecule has 0 atom stereocenters. The number of anilines is 1. The Balaban J connectivity index is 1.70. The molecule has 0 bridgehead atoms. The van der Waals surface area contributed by atoms with Gasteiger partial charge in [0.2, 0.25) is 0 Å². The molecule has 0 N–H and O–H groups in total. The minimum absolute atomic E-state index is 0.0171. The monoisotopic (exact) mass is 364 g/mol. The molecule has 0 unspecified atom stereocenters. The van der Waals surface area contributed by atoms with E-state index in [9.17, 15) is 9.59 Å². The van der Waals surface area contributed by atoms with Crippen molar-refractivity contribution in [1.29, 1.82) is 0 Å². The average molecular weight is 364 g/mol. The molecule has 1 aromatic carbocycles. The summed E-state index contributed by atoms with van der Waals surface area (Å²) in [6, 6.07) is 11.1. The molecule has 26 heavy (non-hydrogen) atoms. The molecule has 0 amide bonds. The van der Waals surface area contributed by atoms with Crippen LogP contribution < -0.4 is 19.8 Å². The van der Waals surface area contributed by atoms with Gasteiger partial charge in [0, 0.05) is 23.6 Å². The molecule has 6 nitrogen and oxygen atoms in total. The van der Waals surface area contributed by atoms with Crippen LogP contribution in [0.4, 0.5) is 5.69 Å². The number of carbonyl (C=O) groups is 1. The predicted octanol–water partition coefficient (Wildman–Crippen LogP) is 1.39. The van der Waals surface area contributed by atoms with Gasteiger partial charge in [0.15, 0.2) is 10.6 Å². The number of ketones is 1. The van der Waals surface area contributed by atoms with E-state index in [-0.39, 0.29) is 11.3 Å². The minimum atomic E-state index is -0.0574. The van der Waals surface area contributed by atoms with Gasteiger partial charge in [-0.1, -0.05) is 23.5 Å². The van der Waals surface area contributed by atoms with Gasteiger partial charge in [-0.15, -0.1) is 0 Å². The van der Waals surface area contributed by atoms with Crippen LogP contribution in [0.2, 0.25) is 0 Å². The highest BCUT2D eigenvalue weighted by molar-refractivity contribution is 7.07. The van der Waals surface area contributed by atoms with E-state index in [1.54, 1.807) is 30.0 Å². The second-order valence-electron chi connectivity index (χ2n) is 5.99. The summed E-state index contributed by atoms with van der Waals surface area (Å²) in [5.74, 6) is 0.0171. The summed E-state index contributed by atoms with van der Waals surface area (Å²) in [5, 5.41) is 0. The Bertz CT molecular complexity index is 1150. The van der Waals surface area contributed by atoms with E-state index < -0.39 is 0 Å². The van der Waals surface area contributed by atoms with Gasteiger partial charge in [0.1, 0.15) is 13.3 Å². The molecule has 0 aliphatic carbocycles. The summed E-state index contributed by atoms with van der Waals surface area (Å²) in [5.41, 5.74) is 2.41. The first kappa shape index (κ1) is 16.4. The van der Waals surface area contributed by atoms with Gasteiger partial charge in [-0.3, -0.25) is 19.1 Å². The Hall–Kier alpha value is -3.06. The molecule has 3 heterocycles. The number of benzene rings is 1. The lowest BCUT2D eigenvalue weighted by Crippen LogP contribution is -2.42. The fourth-order valence-corrected chi connectivity index (χ4v) is 3.77. The second kappa shape index (κ2) is 6.68. The van der Waals surface area contributed by atoms with Gasteiger partial charge in [0.05, 0.1) is 4.53 Å². The third kappa shape index (κ3) is 3.09. The van der Waals surface area contributed by atoms with Gasteiger partial charge in [-0.2, -0.15) is 0 Å². The maximum Gasteiger partial charge on any atom is 0.271 e. The first-order valence-electron chi connectivity index (χ1n) is 8.13. The van der Waals surface area contributed by atoms with E-state index in [0.717, 1.165) is 11.3 Å². The van der Waals surface area contributed by atoms with Crippen LogP contribution in [0, 0.1) is 0 Å². The van der Waals surface area contributed by atoms with E-state index in [1.807, 2.05) is 41.3 Å². The number of fused-ring (bicyclic) bond motifs is 1. The molecule has 1 aliphatic rings. The molecule has 2 aromatic heterocycles. The molecule has 1 aliphatic heterocycles. The van der Waals surface area contributed by atoms with Crippen LogP contribution in [0.1, 0.15) is 22.8 Å². The molecule has 7 heteroatoms. The molecule has 0 fully saturated rings. The van der Waals surface area contributed by atoms with Crippen LogP contribution in [0.15, 0.2) is 58.6 Å². The second-order valence-corrected chi connectivity index (χ2v) is 7.00. The quantitative estimate of drug-likeness (QED) is 0.659. The lowest BCUT2D eigenvalue weighted by atomic mass is 10.1. The Morgan fingerprint density at radius 2 is 2.04 bits per heavy atom. The van der Waals surface area contributed by atoms with E-state index in [2.05, 4.69) is 9.98 Å². The topological polar surface area (TPSA) is 67.6 Å². The standard InChI is InChI=1S/C19H16N4O2S/c1-13(24)15-3-2-4-16(10-15)22-11-21-19-23(12-22)18(25)17(26-19)9-14-5-7-20-8-6-14/h2-10H,11-12H2,1H3. The maximum atomic E-state index is 12.8. The van der Waals surface area contributed by atoms with Gasteiger partial charge in [0.25, 0.3) is 5.56 Å². The molecule has 0 saturated heterocycles. The Morgan fingerprint density at radius 1 is 1.23 bits per heavy atom. The highest BCUT2D eigenvalue weighted by Gasteiger charge is 2.16. The molecular formula is C19H16N4O2S. The van der Waals surface area contributed by atoms with Gasteiger partial charge >= 0.3 is 0 Å². The van der Waals surface area contributed by atoms with E-state index in [1.165, 1.54) is 11.3 Å². The van der Waals surface area contributed by atoms with Gasteiger partial charge in [-0.05, 0) is 42.8 Å². The fourth-order valence-electron chi connectivity index (χ4n) is 2.81. The number of hydrogen-bond acceptors (Lipinski definition) is 6. The number of thiazole rings is 1. The van der Waals surface area contributed by atoms with Crippen molar-refractivity contribution in [3.05, 3.63) is 79.6 Å². The number of hydrogen-bond donors (Lipinski definition) is 0. The number of pyridine rings is 1. The number of carbonyl (C=O) groups excluding carboxylic acids is 1. The smallest absolute Gasteiger partial charge is 0.271 e. The molecule has 130 valence electrons. The number of rotatable bonds is 3. The van der Waals surface area contributed by atoms with Crippen molar-refractivity contribution in [1.82, 2.24) is 9.55 Å². The third-order valence-electron chi connectivity index (χ3n) is 4.20. The summed E-state index contributed by atoms with van der Waals surface area (Å²) >= 11 is 1.39. The fraction of sp³-hybridized carbons (Fsp3) is 0.158. The van der Waals surface area contributed by atoms with Crippen molar-refractivity contribution in [2.24, 2.45) is 4.99 Å². The Labute approximate surface area is 153 Å². The summed E-state index contributed by atoms with van der Waals surface area (Å²) < 4.78 is 2.32. The number of Topliss-reactive ketones (excluding diaryl/α,β-unsaturated/α-hetero) is 1. The van der Waals surface area contributed by atoms with Crippen molar-refractivity contribution in [2.45, 2.75) is 13.6 Å². The van der Waals surface area contributed by atoms with Crippen molar-refractivity contribution in [3.63, 3.8) is 0 Å². The molecule has 0 saturated carbocycles. The average Bonchev–Trinajstić information content (AvgIpc) is 2.98. The number of nitrogens with zero attached hydrogens (tertiary/aromatic N) is 4. The van der Waals surface area contributed by atoms with Gasteiger partial charge < -0.3 is 4.90 Å². The van der Waals surface area contributed by atoms with Crippen molar-refractivity contribution < 1.29 is 4.79 Å². The van der Waals surface area contributed by atoms with E-state index >= 15 is 0 Å². The summed E-state index contributed by atoms with van der Waals surface area (Å²) in [6.45, 7) is 2.41. The summed E-state index contributed by atoms with van der Waals surface area (Å²) in [4.78, 5) is 35.6. The molecule has 3 aromatic rings. The maximum absolute atomic E-state index is 12.8. The molecule has 0 spiro atoms. The van der Waals surface area contributed by atoms with Crippen molar-refractivity contribution >= 4 is 28.9 Å². The first-order valence-corrected chi connectivity index (χ1v) is 8.95. The summed E-state index contributed by atoms with van der Waals surface area (Å²) in [6.07, 6.45) is 5.26. The SMILES string of the molecule is CC(=O)c1cccc(N2CN=c3sc(=Cc4ccncc4)c(=O)n3C2)c1. The third-order valence-corrected chi connectivity index (χ3v) is 5.24. The van der Waals surface area contributed by atoms with Crippen LogP contribution in [-0.2, 0) is 6.67 Å². The lowest BCUT2D eigenvalue weighted by Gasteiger charge is -2.25. The van der Waals surface area contributed by atoms with Crippen molar-refractivity contribution in [2.75, 3.05) is 11.6 Å². The van der Waals surface area contributed by atoms with E-state index in [0.29, 0.717) is 28.2 Å². The van der Waals surface area contributed by atoms with E-state index in [4.69, 9.17) is 0 Å². The largest absolute Gasteiger partial charge is 0.334 e. The zero-order chi connectivity index (χ0) is 18.1. The van der Waals surface area contributed by atoms with Crippen LogP contribution in [0.3, 0.4) is 0 Å². The zero-order valence-corrected chi connectivity index (χ0v) is 14.9. The molecule has 4 rings (SSSR count). The highest BCUT2D eigenvalue weighted by Crippen LogP contribution is 2.18.